The van der Waals surface area contributed by atoms with Crippen LogP contribution in [0.15, 0.2) is 174 Å². The van der Waals surface area contributed by atoms with Crippen molar-refractivity contribution in [3.05, 3.63) is 175 Å². The van der Waals surface area contributed by atoms with Crippen molar-refractivity contribution in [3.8, 4) is 23.1 Å². The maximum absolute atomic E-state index is 11.6. The van der Waals surface area contributed by atoms with Crippen LogP contribution in [-0.2, 0) is 0 Å². The first-order valence-electron chi connectivity index (χ1n) is 18.2. The fourth-order valence-electron chi connectivity index (χ4n) is 9.15. The predicted octanol–water partition coefficient (Wildman–Crippen LogP) is 12.7. The Hall–Kier alpha value is -7.55. The first-order chi connectivity index (χ1) is 26.8. The molecule has 0 radical (unpaired) electrons. The van der Waals surface area contributed by atoms with Gasteiger partial charge in [-0.05, 0) is 42.5 Å². The Morgan fingerprint density at radius 3 is 1.06 bits per heavy atom. The predicted molar refractivity (Wildman–Crippen MR) is 221 cm³/mol. The van der Waals surface area contributed by atoms with E-state index in [4.69, 9.17) is 4.42 Å². The Labute approximate surface area is 308 Å². The molecule has 5 heteroatoms. The van der Waals surface area contributed by atoms with Crippen molar-refractivity contribution < 1.29 is 4.42 Å². The van der Waals surface area contributed by atoms with Crippen LogP contribution in [-0.4, -0.2) is 13.7 Å². The maximum atomic E-state index is 11.6. The Morgan fingerprint density at radius 2 is 0.667 bits per heavy atom. The van der Waals surface area contributed by atoms with E-state index in [-0.39, 0.29) is 0 Å². The summed E-state index contributed by atoms with van der Waals surface area (Å²) in [6.45, 7) is 0. The molecule has 0 saturated heterocycles. The van der Waals surface area contributed by atoms with E-state index >= 15 is 0 Å². The average Bonchev–Trinajstić information content (AvgIpc) is 3.97. The smallest absolute Gasteiger partial charge is 0.163 e. The van der Waals surface area contributed by atoms with E-state index in [2.05, 4.69) is 171 Å². The quantitative estimate of drug-likeness (QED) is 0.185. The van der Waals surface area contributed by atoms with Crippen molar-refractivity contribution in [2.45, 2.75) is 0 Å². The second kappa shape index (κ2) is 10.7. The summed E-state index contributed by atoms with van der Waals surface area (Å²) in [5.41, 5.74) is 10.8. The summed E-state index contributed by atoms with van der Waals surface area (Å²) in [4.78, 5) is 0. The fraction of sp³-hybridized carbons (Fsp3) is 0. The molecule has 0 atom stereocenters. The van der Waals surface area contributed by atoms with Crippen LogP contribution >= 0.6 is 0 Å². The highest BCUT2D eigenvalue weighted by Crippen LogP contribution is 2.49. The number of nitrogens with zero attached hydrogens (tertiary/aromatic N) is 4. The van der Waals surface area contributed by atoms with Gasteiger partial charge in [0.1, 0.15) is 17.3 Å². The second-order valence-electron chi connectivity index (χ2n) is 13.9. The molecule has 0 N–H and O–H groups in total. The monoisotopic (exact) mass is 688 g/mol. The van der Waals surface area contributed by atoms with Gasteiger partial charge in [0.25, 0.3) is 0 Å². The molecule has 12 rings (SSSR count). The number of hydrogen-bond donors (Lipinski definition) is 0. The van der Waals surface area contributed by atoms with E-state index in [0.717, 1.165) is 98.8 Å². The standard InChI is InChI=1S/C49H28N4O/c50-29-37-45-36-21-7-14-28-44(36)54-49(45)48(53-42-26-12-5-19-34(42)35-20-6-13-27-43(35)53)47(52-40-24-10-3-17-32(40)33-18-4-11-25-41(33)52)46(37)51-38-22-8-1-15-30(38)31-16-2-9-23-39(31)51/h1-28H. The van der Waals surface area contributed by atoms with Crippen LogP contribution in [0.3, 0.4) is 0 Å². The molecule has 0 unspecified atom stereocenters. The first kappa shape index (κ1) is 29.1. The highest BCUT2D eigenvalue weighted by atomic mass is 16.3. The molecule has 0 fully saturated rings. The van der Waals surface area contributed by atoms with Gasteiger partial charge < -0.3 is 18.1 Å². The van der Waals surface area contributed by atoms with E-state index in [0.29, 0.717) is 11.1 Å². The minimum atomic E-state index is 0.558. The number of rotatable bonds is 3. The Bertz CT molecular complexity index is 3420. The van der Waals surface area contributed by atoms with Crippen LogP contribution in [0.25, 0.3) is 104 Å². The molecular weight excluding hydrogens is 661 g/mol. The summed E-state index contributed by atoms with van der Waals surface area (Å²) in [6.07, 6.45) is 0. The molecule has 0 spiro atoms. The number of fused-ring (bicyclic) bond motifs is 12. The van der Waals surface area contributed by atoms with Crippen molar-refractivity contribution in [3.63, 3.8) is 0 Å². The van der Waals surface area contributed by atoms with Crippen LogP contribution < -0.4 is 0 Å². The molecule has 0 saturated carbocycles. The number of hydrogen-bond acceptors (Lipinski definition) is 2. The van der Waals surface area contributed by atoms with Gasteiger partial charge in [-0.25, -0.2) is 0 Å². The fourth-order valence-corrected chi connectivity index (χ4v) is 9.15. The van der Waals surface area contributed by atoms with Gasteiger partial charge in [-0.3, -0.25) is 0 Å². The largest absolute Gasteiger partial charge is 0.454 e. The Kier molecular flexibility index (Phi) is 5.78. The van der Waals surface area contributed by atoms with E-state index in [1.807, 2.05) is 18.2 Å². The van der Waals surface area contributed by atoms with E-state index < -0.39 is 0 Å². The van der Waals surface area contributed by atoms with Crippen LogP contribution in [0.4, 0.5) is 0 Å². The van der Waals surface area contributed by atoms with Gasteiger partial charge in [0.2, 0.25) is 0 Å². The summed E-state index contributed by atoms with van der Waals surface area (Å²) in [6, 6.07) is 62.3. The van der Waals surface area contributed by atoms with Gasteiger partial charge >= 0.3 is 0 Å². The van der Waals surface area contributed by atoms with Crippen molar-refractivity contribution in [1.29, 1.82) is 5.26 Å². The zero-order chi connectivity index (χ0) is 35.5. The van der Waals surface area contributed by atoms with E-state index in [9.17, 15) is 5.26 Å². The third-order valence-corrected chi connectivity index (χ3v) is 11.3. The Morgan fingerprint density at radius 1 is 0.352 bits per heavy atom. The lowest BCUT2D eigenvalue weighted by Gasteiger charge is -2.23. The molecule has 54 heavy (non-hydrogen) atoms. The normalized spacial score (nSPS) is 12.1. The van der Waals surface area contributed by atoms with E-state index in [1.165, 1.54) is 0 Å². The van der Waals surface area contributed by atoms with Gasteiger partial charge in [-0.2, -0.15) is 5.26 Å². The van der Waals surface area contributed by atoms with Gasteiger partial charge in [0.05, 0.1) is 55.4 Å². The van der Waals surface area contributed by atoms with Gasteiger partial charge in [0, 0.05) is 37.7 Å². The van der Waals surface area contributed by atoms with Gasteiger partial charge in [-0.15, -0.1) is 0 Å². The molecule has 8 aromatic carbocycles. The Balaban J connectivity index is 1.46. The lowest BCUT2D eigenvalue weighted by molar-refractivity contribution is 0.666. The summed E-state index contributed by atoms with van der Waals surface area (Å²) in [7, 11) is 0. The number of nitriles is 1. The molecule has 0 bridgehead atoms. The minimum Gasteiger partial charge on any atom is -0.454 e. The van der Waals surface area contributed by atoms with E-state index in [1.54, 1.807) is 0 Å². The number of benzene rings is 8. The molecule has 4 aromatic heterocycles. The number of furan rings is 1. The van der Waals surface area contributed by atoms with Crippen LogP contribution in [0.2, 0.25) is 0 Å². The first-order valence-corrected chi connectivity index (χ1v) is 18.2. The molecule has 4 heterocycles. The lowest BCUT2D eigenvalue weighted by Crippen LogP contribution is -2.12. The van der Waals surface area contributed by atoms with Gasteiger partial charge in [0.15, 0.2) is 5.58 Å². The summed E-state index contributed by atoms with van der Waals surface area (Å²) >= 11 is 0. The summed E-state index contributed by atoms with van der Waals surface area (Å²) in [5, 5.41) is 20.1. The third-order valence-electron chi connectivity index (χ3n) is 11.3. The molecular formula is C49H28N4O. The summed E-state index contributed by atoms with van der Waals surface area (Å²) in [5.74, 6) is 0. The molecule has 0 aliphatic heterocycles. The lowest BCUT2D eigenvalue weighted by atomic mass is 10.0. The highest BCUT2D eigenvalue weighted by molar-refractivity contribution is 6.20. The third kappa shape index (κ3) is 3.66. The van der Waals surface area contributed by atoms with Crippen LogP contribution in [0.5, 0.6) is 0 Å². The van der Waals surface area contributed by atoms with Crippen LogP contribution in [0, 0.1) is 11.3 Å². The van der Waals surface area contributed by atoms with Crippen molar-refractivity contribution in [1.82, 2.24) is 13.7 Å². The SMILES string of the molecule is N#Cc1c(-n2c3ccccc3c3ccccc32)c(-n2c3ccccc3c3ccccc32)c(-n2c3ccccc3c3ccccc32)c2oc3ccccc3c12. The van der Waals surface area contributed by atoms with Gasteiger partial charge in [-0.1, -0.05) is 127 Å². The highest BCUT2D eigenvalue weighted by Gasteiger charge is 2.32. The topological polar surface area (TPSA) is 51.7 Å². The maximum Gasteiger partial charge on any atom is 0.163 e. The zero-order valence-electron chi connectivity index (χ0n) is 28.9. The minimum absolute atomic E-state index is 0.558. The molecule has 12 aromatic rings. The summed E-state index contributed by atoms with van der Waals surface area (Å²) < 4.78 is 14.1. The average molecular weight is 689 g/mol. The second-order valence-corrected chi connectivity index (χ2v) is 13.9. The van der Waals surface area contributed by atoms with Crippen LogP contribution in [0.1, 0.15) is 5.56 Å². The van der Waals surface area contributed by atoms with Crippen molar-refractivity contribution in [2.24, 2.45) is 0 Å². The van der Waals surface area contributed by atoms with Crippen molar-refractivity contribution in [2.75, 3.05) is 0 Å². The zero-order valence-corrected chi connectivity index (χ0v) is 28.9. The molecule has 5 nitrogen and oxygen atoms in total. The number of aromatic nitrogens is 3. The number of para-hydroxylation sites is 7. The molecule has 250 valence electrons. The molecule has 0 aliphatic carbocycles. The van der Waals surface area contributed by atoms with Crippen molar-refractivity contribution >= 4 is 87.4 Å². The molecule has 0 aliphatic rings. The molecule has 0 amide bonds.